The van der Waals surface area contributed by atoms with Gasteiger partial charge in [-0.25, -0.2) is 0 Å². The van der Waals surface area contributed by atoms with Crippen LogP contribution in [0, 0.1) is 0 Å². The summed E-state index contributed by atoms with van der Waals surface area (Å²) in [7, 11) is 0. The zero-order valence-corrected chi connectivity index (χ0v) is 21.6. The molecule has 0 radical (unpaired) electrons. The zero-order valence-electron chi connectivity index (χ0n) is 21.6. The zero-order chi connectivity index (χ0) is 25.2. The minimum atomic E-state index is -0.0759. The van der Waals surface area contributed by atoms with E-state index in [0.29, 0.717) is 0 Å². The Bertz CT molecular complexity index is 915. The lowest BCUT2D eigenvalue weighted by Crippen LogP contribution is -2.31. The van der Waals surface area contributed by atoms with Gasteiger partial charge in [-0.15, -0.1) is 0 Å². The molecule has 0 aliphatic carbocycles. The fraction of sp³-hybridized carbons (Fsp3) is 0.300. The van der Waals surface area contributed by atoms with Crippen LogP contribution in [0.15, 0.2) is 120 Å². The molecule has 1 N–H and O–H groups in total. The van der Waals surface area contributed by atoms with Crippen LogP contribution in [0.1, 0.15) is 54.9 Å². The summed E-state index contributed by atoms with van der Waals surface area (Å²) in [6.07, 6.45) is 24.6. The Morgan fingerprint density at radius 2 is 1.52 bits per heavy atom. The van der Waals surface area contributed by atoms with E-state index in [9.17, 15) is 4.79 Å². The number of nitrogens with zero attached hydrogens (tertiary/aromatic N) is 1. The smallest absolute Gasteiger partial charge is 0.244 e. The topological polar surface area (TPSA) is 32.3 Å². The van der Waals surface area contributed by atoms with Crippen LogP contribution in [0.5, 0.6) is 0 Å². The molecule has 0 saturated heterocycles. The third-order valence-corrected chi connectivity index (χ3v) is 4.83. The molecule has 1 amide bonds. The van der Waals surface area contributed by atoms with Crippen molar-refractivity contribution in [1.29, 1.82) is 0 Å². The van der Waals surface area contributed by atoms with Gasteiger partial charge in [0.25, 0.3) is 0 Å². The number of allylic oxidation sites excluding steroid dienone is 16. The van der Waals surface area contributed by atoms with Gasteiger partial charge in [0.05, 0.1) is 0 Å². The number of hydrogen-bond donors (Lipinski definition) is 1. The minimum absolute atomic E-state index is 0.0759. The first-order valence-corrected chi connectivity index (χ1v) is 11.5. The molecule has 0 aliphatic rings. The van der Waals surface area contributed by atoms with Crippen molar-refractivity contribution in [3.05, 3.63) is 120 Å². The summed E-state index contributed by atoms with van der Waals surface area (Å²) >= 11 is 0. The molecule has 0 atom stereocenters. The van der Waals surface area contributed by atoms with E-state index in [-0.39, 0.29) is 12.5 Å². The van der Waals surface area contributed by atoms with Crippen molar-refractivity contribution in [2.24, 2.45) is 0 Å². The standard InChI is InChI=1S/C30H42N2O/c1-10-17-18-27(15-6)28(16-7)21-29(26(13-4)14-5)20-25(9)31-30(33)23-32(19-11-2)22-24(8)12-3/h10-11,13-22H,4,6,12,23H2,1-3,5,7-9H3,(H,31,33)/b17-10-,19-11-,24-22?,25-20+,26-14-,27-18+,28-16+,29-21-. The number of nitrogens with one attached hydrogen (secondary N) is 1. The van der Waals surface area contributed by atoms with Crippen molar-refractivity contribution in [3.8, 4) is 0 Å². The highest BCUT2D eigenvalue weighted by Crippen LogP contribution is 2.21. The molecule has 3 heteroatoms. The average Bonchev–Trinajstić information content (AvgIpc) is 2.78. The Balaban J connectivity index is 6.00. The highest BCUT2D eigenvalue weighted by atomic mass is 16.2. The molecule has 0 aromatic carbocycles. The summed E-state index contributed by atoms with van der Waals surface area (Å²) in [6.45, 7) is 22.1. The van der Waals surface area contributed by atoms with E-state index in [1.807, 2.05) is 107 Å². The molecule has 3 nitrogen and oxygen atoms in total. The van der Waals surface area contributed by atoms with E-state index in [4.69, 9.17) is 0 Å². The van der Waals surface area contributed by atoms with E-state index in [1.54, 1.807) is 0 Å². The first-order valence-electron chi connectivity index (χ1n) is 11.5. The molecule has 0 bridgehead atoms. The van der Waals surface area contributed by atoms with Crippen molar-refractivity contribution >= 4 is 5.91 Å². The third-order valence-electron chi connectivity index (χ3n) is 4.83. The van der Waals surface area contributed by atoms with Gasteiger partial charge in [-0.1, -0.05) is 74.3 Å². The maximum atomic E-state index is 12.7. The second kappa shape index (κ2) is 17.3. The second-order valence-corrected chi connectivity index (χ2v) is 7.50. The summed E-state index contributed by atoms with van der Waals surface area (Å²) < 4.78 is 0. The predicted molar refractivity (Wildman–Crippen MR) is 146 cm³/mol. The first-order chi connectivity index (χ1) is 15.8. The Hall–Kier alpha value is -3.33. The number of rotatable bonds is 13. The molecule has 0 fully saturated rings. The summed E-state index contributed by atoms with van der Waals surface area (Å²) in [4.78, 5) is 14.6. The Kier molecular flexibility index (Phi) is 15.5. The maximum absolute atomic E-state index is 12.7. The van der Waals surface area contributed by atoms with E-state index in [1.165, 1.54) is 5.57 Å². The van der Waals surface area contributed by atoms with E-state index in [2.05, 4.69) is 38.4 Å². The van der Waals surface area contributed by atoms with E-state index < -0.39 is 0 Å². The number of carbonyl (C=O) groups excluding carboxylic acids is 1. The highest BCUT2D eigenvalue weighted by molar-refractivity contribution is 5.80. The largest absolute Gasteiger partial charge is 0.345 e. The Morgan fingerprint density at radius 1 is 0.879 bits per heavy atom. The van der Waals surface area contributed by atoms with Crippen molar-refractivity contribution < 1.29 is 4.79 Å². The minimum Gasteiger partial charge on any atom is -0.345 e. The van der Waals surface area contributed by atoms with Gasteiger partial charge in [-0.2, -0.15) is 0 Å². The van der Waals surface area contributed by atoms with Gasteiger partial charge in [0.2, 0.25) is 5.91 Å². The van der Waals surface area contributed by atoms with Crippen molar-refractivity contribution in [1.82, 2.24) is 10.2 Å². The molecule has 178 valence electrons. The van der Waals surface area contributed by atoms with Crippen LogP contribution in [0.3, 0.4) is 0 Å². The van der Waals surface area contributed by atoms with Gasteiger partial charge in [0.1, 0.15) is 6.54 Å². The van der Waals surface area contributed by atoms with Gasteiger partial charge in [0.15, 0.2) is 0 Å². The van der Waals surface area contributed by atoms with Gasteiger partial charge in [-0.3, -0.25) is 4.79 Å². The number of amides is 1. The van der Waals surface area contributed by atoms with Gasteiger partial charge >= 0.3 is 0 Å². The summed E-state index contributed by atoms with van der Waals surface area (Å²) in [5.41, 5.74) is 5.96. The molecule has 0 saturated carbocycles. The molecule has 0 aromatic rings. The lowest BCUT2D eigenvalue weighted by molar-refractivity contribution is -0.120. The Labute approximate surface area is 202 Å². The van der Waals surface area contributed by atoms with Crippen molar-refractivity contribution in [2.45, 2.75) is 54.9 Å². The molecule has 33 heavy (non-hydrogen) atoms. The first kappa shape index (κ1) is 29.7. The fourth-order valence-corrected chi connectivity index (χ4v) is 3.00. The van der Waals surface area contributed by atoms with Gasteiger partial charge in [-0.05, 0) is 88.6 Å². The van der Waals surface area contributed by atoms with Crippen LogP contribution in [-0.2, 0) is 4.79 Å². The highest BCUT2D eigenvalue weighted by Gasteiger charge is 2.08. The molecule has 0 aliphatic heterocycles. The predicted octanol–water partition coefficient (Wildman–Crippen LogP) is 7.85. The quantitative estimate of drug-likeness (QED) is 0.292. The summed E-state index contributed by atoms with van der Waals surface area (Å²) in [5.74, 6) is -0.0759. The normalized spacial score (nSPS) is 14.8. The molecular formula is C30H42N2O. The maximum Gasteiger partial charge on any atom is 0.244 e. The summed E-state index contributed by atoms with van der Waals surface area (Å²) in [5, 5.41) is 3.01. The molecule has 0 aromatic heterocycles. The van der Waals surface area contributed by atoms with Crippen LogP contribution in [0.25, 0.3) is 0 Å². The molecule has 0 unspecified atom stereocenters. The van der Waals surface area contributed by atoms with Gasteiger partial charge < -0.3 is 10.2 Å². The second-order valence-electron chi connectivity index (χ2n) is 7.50. The van der Waals surface area contributed by atoms with Crippen molar-refractivity contribution in [3.63, 3.8) is 0 Å². The third kappa shape index (κ3) is 11.7. The van der Waals surface area contributed by atoms with E-state index >= 15 is 0 Å². The van der Waals surface area contributed by atoms with Gasteiger partial charge in [0, 0.05) is 11.9 Å². The SMILES string of the molecule is C=CC(=C/C)/C(=C\C(=C/C)C(\C=C)=C\C=C/C)/C=C(\C)NC(=O)CN(C=C(C)CC)/C=C\C. The van der Waals surface area contributed by atoms with Crippen LogP contribution in [0.2, 0.25) is 0 Å². The van der Waals surface area contributed by atoms with E-state index in [0.717, 1.165) is 34.4 Å². The van der Waals surface area contributed by atoms with Crippen molar-refractivity contribution in [2.75, 3.05) is 6.54 Å². The lowest BCUT2D eigenvalue weighted by Gasteiger charge is -2.17. The monoisotopic (exact) mass is 446 g/mol. The molecule has 0 spiro atoms. The van der Waals surface area contributed by atoms with Crippen LogP contribution < -0.4 is 5.32 Å². The number of carbonyl (C=O) groups is 1. The molecule has 0 heterocycles. The van der Waals surface area contributed by atoms with Crippen LogP contribution >= 0.6 is 0 Å². The lowest BCUT2D eigenvalue weighted by atomic mass is 9.97. The number of hydrogen-bond acceptors (Lipinski definition) is 2. The Morgan fingerprint density at radius 3 is 2.00 bits per heavy atom. The molecule has 0 rings (SSSR count). The van der Waals surface area contributed by atoms with Crippen LogP contribution in [0.4, 0.5) is 0 Å². The van der Waals surface area contributed by atoms with Crippen LogP contribution in [-0.4, -0.2) is 17.4 Å². The average molecular weight is 447 g/mol. The fourth-order valence-electron chi connectivity index (χ4n) is 3.00. The summed E-state index contributed by atoms with van der Waals surface area (Å²) in [6, 6.07) is 0. The molecular weight excluding hydrogens is 404 g/mol.